The minimum absolute atomic E-state index is 0.106. The maximum Gasteiger partial charge on any atom is 0.304 e. The predicted octanol–water partition coefficient (Wildman–Crippen LogP) is 5.78. The van der Waals surface area contributed by atoms with Crippen molar-refractivity contribution in [1.82, 2.24) is 14.5 Å². The molecule has 3 aromatic carbocycles. The van der Waals surface area contributed by atoms with Gasteiger partial charge in [-0.2, -0.15) is 12.7 Å². The molecule has 0 bridgehead atoms. The minimum Gasteiger partial charge on any atom is -0.352 e. The molecule has 0 aliphatic heterocycles. The summed E-state index contributed by atoms with van der Waals surface area (Å²) < 4.78 is 29.5. The second kappa shape index (κ2) is 15.1. The van der Waals surface area contributed by atoms with Crippen LogP contribution in [0.25, 0.3) is 0 Å². The topological polar surface area (TPSA) is 90.0 Å². The molecule has 0 radical (unpaired) electrons. The third-order valence-electron chi connectivity index (χ3n) is 7.31. The van der Waals surface area contributed by atoms with Crippen LogP contribution in [0, 0.1) is 13.8 Å². The van der Waals surface area contributed by atoms with Crippen molar-refractivity contribution in [2.75, 3.05) is 24.9 Å². The van der Waals surface area contributed by atoms with Crippen LogP contribution in [0.15, 0.2) is 66.7 Å². The van der Waals surface area contributed by atoms with Crippen molar-refractivity contribution >= 4 is 50.9 Å². The van der Waals surface area contributed by atoms with Gasteiger partial charge in [-0.1, -0.05) is 78.7 Å². The van der Waals surface area contributed by atoms with Crippen molar-refractivity contribution in [2.45, 2.75) is 59.2 Å². The van der Waals surface area contributed by atoms with Crippen LogP contribution in [0.5, 0.6) is 0 Å². The lowest BCUT2D eigenvalue weighted by Crippen LogP contribution is -2.55. The fourth-order valence-corrected chi connectivity index (χ4v) is 6.17. The highest BCUT2D eigenvalue weighted by Gasteiger charge is 2.36. The monoisotopic (exact) mass is 646 g/mol. The van der Waals surface area contributed by atoms with Crippen molar-refractivity contribution in [1.29, 1.82) is 0 Å². The molecule has 0 aromatic heterocycles. The molecule has 1 N–H and O–H groups in total. The highest BCUT2D eigenvalue weighted by Crippen LogP contribution is 2.29. The number of halogens is 2. The molecule has 2 amide bonds. The van der Waals surface area contributed by atoms with Crippen molar-refractivity contribution < 1.29 is 18.0 Å². The van der Waals surface area contributed by atoms with E-state index in [-0.39, 0.29) is 24.9 Å². The van der Waals surface area contributed by atoms with Crippen LogP contribution in [0.4, 0.5) is 5.69 Å². The van der Waals surface area contributed by atoms with E-state index in [9.17, 15) is 18.0 Å². The van der Waals surface area contributed by atoms with Crippen LogP contribution < -0.4 is 9.62 Å². The van der Waals surface area contributed by atoms with Gasteiger partial charge in [-0.3, -0.25) is 9.59 Å². The van der Waals surface area contributed by atoms with E-state index in [1.165, 1.54) is 19.0 Å². The highest BCUT2D eigenvalue weighted by molar-refractivity contribution is 7.90. The molecule has 0 heterocycles. The number of hydrogen-bond acceptors (Lipinski definition) is 4. The summed E-state index contributed by atoms with van der Waals surface area (Å²) in [7, 11) is -1.28. The van der Waals surface area contributed by atoms with Crippen molar-refractivity contribution in [3.8, 4) is 0 Å². The van der Waals surface area contributed by atoms with Crippen LogP contribution >= 0.6 is 23.2 Å². The number of rotatable bonds is 13. The molecule has 8 nitrogen and oxygen atoms in total. The standard InChI is InChI=1S/C32H40Cl2N4O4S/c1-7-24(4)35-32(40)30(19-25-12-9-8-10-13-25)37(20-26-27(33)14-11-15-28(26)34)31(39)21-38(43(41,42)36(5)6)29-18-22(2)16-17-23(29)3/h8-18,24,30H,7,19-21H2,1-6H3,(H,35,40)/t24-,30-/m1/s1. The zero-order valence-electron chi connectivity index (χ0n) is 25.5. The summed E-state index contributed by atoms with van der Waals surface area (Å²) in [5.74, 6) is -0.939. The van der Waals surface area contributed by atoms with Crippen LogP contribution in [-0.2, 0) is 32.8 Å². The number of nitrogens with zero attached hydrogens (tertiary/aromatic N) is 3. The van der Waals surface area contributed by atoms with Crippen LogP contribution in [-0.4, -0.2) is 62.2 Å². The van der Waals surface area contributed by atoms with Crippen LogP contribution in [0.3, 0.4) is 0 Å². The van der Waals surface area contributed by atoms with E-state index < -0.39 is 28.7 Å². The van der Waals surface area contributed by atoms with Gasteiger partial charge in [-0.25, -0.2) is 4.31 Å². The summed E-state index contributed by atoms with van der Waals surface area (Å²) in [6.45, 7) is 6.83. The van der Waals surface area contributed by atoms with Crippen molar-refractivity contribution in [3.05, 3.63) is 99.0 Å². The van der Waals surface area contributed by atoms with Gasteiger partial charge in [0.15, 0.2) is 0 Å². The number of nitrogens with one attached hydrogen (secondary N) is 1. The van der Waals surface area contributed by atoms with Gasteiger partial charge in [0, 0.05) is 48.7 Å². The van der Waals surface area contributed by atoms with Crippen molar-refractivity contribution in [2.24, 2.45) is 0 Å². The first-order chi connectivity index (χ1) is 20.3. The molecule has 0 fully saturated rings. The van der Waals surface area contributed by atoms with Crippen LogP contribution in [0.2, 0.25) is 10.0 Å². The van der Waals surface area contributed by atoms with Gasteiger partial charge < -0.3 is 10.2 Å². The lowest BCUT2D eigenvalue weighted by Gasteiger charge is -2.35. The Labute approximate surface area is 265 Å². The minimum atomic E-state index is -4.11. The van der Waals surface area contributed by atoms with Gasteiger partial charge in [0.1, 0.15) is 12.6 Å². The molecule has 0 aliphatic rings. The lowest BCUT2D eigenvalue weighted by molar-refractivity contribution is -0.140. The van der Waals surface area contributed by atoms with E-state index in [1.807, 2.05) is 63.2 Å². The number of aryl methyl sites for hydroxylation is 2. The fourth-order valence-electron chi connectivity index (χ4n) is 4.54. The second-order valence-corrected chi connectivity index (χ2v) is 13.7. The number of carbonyl (C=O) groups excluding carboxylic acids is 2. The first kappa shape index (κ1) is 34.4. The molecule has 3 rings (SSSR count). The molecule has 11 heteroatoms. The van der Waals surface area contributed by atoms with Gasteiger partial charge in [-0.15, -0.1) is 0 Å². The number of hydrogen-bond donors (Lipinski definition) is 1. The first-order valence-corrected chi connectivity index (χ1v) is 16.3. The fraction of sp³-hybridized carbons (Fsp3) is 0.375. The zero-order valence-corrected chi connectivity index (χ0v) is 27.8. The number of anilines is 1. The largest absolute Gasteiger partial charge is 0.352 e. The molecule has 2 atom stereocenters. The summed E-state index contributed by atoms with van der Waals surface area (Å²) in [6.07, 6.45) is 0.885. The molecule has 0 saturated heterocycles. The molecule has 0 spiro atoms. The zero-order chi connectivity index (χ0) is 31.9. The third-order valence-corrected chi connectivity index (χ3v) is 9.83. The summed E-state index contributed by atoms with van der Waals surface area (Å²) >= 11 is 13.1. The maximum absolute atomic E-state index is 14.4. The van der Waals surface area contributed by atoms with E-state index in [4.69, 9.17) is 23.2 Å². The summed E-state index contributed by atoms with van der Waals surface area (Å²) in [5.41, 5.74) is 3.19. The molecule has 0 aliphatic carbocycles. The van der Waals surface area contributed by atoms with E-state index in [1.54, 1.807) is 31.2 Å². The average molecular weight is 648 g/mol. The average Bonchev–Trinajstić information content (AvgIpc) is 2.96. The quantitative estimate of drug-likeness (QED) is 0.255. The maximum atomic E-state index is 14.4. The molecule has 3 aromatic rings. The molecule has 0 unspecified atom stereocenters. The van der Waals surface area contributed by atoms with E-state index in [2.05, 4.69) is 5.32 Å². The van der Waals surface area contributed by atoms with E-state index >= 15 is 0 Å². The number of amides is 2. The van der Waals surface area contributed by atoms with Gasteiger partial charge in [-0.05, 0) is 62.1 Å². The lowest BCUT2D eigenvalue weighted by atomic mass is 10.0. The first-order valence-electron chi connectivity index (χ1n) is 14.1. The Morgan fingerprint density at radius 3 is 2.14 bits per heavy atom. The molecular weight excluding hydrogens is 607 g/mol. The van der Waals surface area contributed by atoms with Gasteiger partial charge in [0.05, 0.1) is 5.69 Å². The Hall–Kier alpha value is -3.11. The normalized spacial score (nSPS) is 13.0. The third kappa shape index (κ3) is 8.72. The number of benzene rings is 3. The Bertz CT molecular complexity index is 1510. The highest BCUT2D eigenvalue weighted by atomic mass is 35.5. The Kier molecular flexibility index (Phi) is 12.0. The Balaban J connectivity index is 2.18. The number of carbonyl (C=O) groups is 2. The Morgan fingerprint density at radius 2 is 1.56 bits per heavy atom. The SMILES string of the molecule is CC[C@@H](C)NC(=O)[C@@H](Cc1ccccc1)N(Cc1c(Cl)cccc1Cl)C(=O)CN(c1cc(C)ccc1C)S(=O)(=O)N(C)C. The summed E-state index contributed by atoms with van der Waals surface area (Å²) in [6, 6.07) is 18.7. The van der Waals surface area contributed by atoms with E-state index in [0.717, 1.165) is 19.7 Å². The van der Waals surface area contributed by atoms with E-state index in [0.29, 0.717) is 33.3 Å². The van der Waals surface area contributed by atoms with Crippen LogP contribution in [0.1, 0.15) is 42.5 Å². The second-order valence-electron chi connectivity index (χ2n) is 10.8. The smallest absolute Gasteiger partial charge is 0.304 e. The van der Waals surface area contributed by atoms with Crippen molar-refractivity contribution in [3.63, 3.8) is 0 Å². The molecule has 232 valence electrons. The summed E-state index contributed by atoms with van der Waals surface area (Å²) in [5, 5.41) is 3.68. The molecule has 43 heavy (non-hydrogen) atoms. The van der Waals surface area contributed by atoms with Gasteiger partial charge >= 0.3 is 10.2 Å². The molecular formula is C32H40Cl2N4O4S. The predicted molar refractivity (Wildman–Crippen MR) is 175 cm³/mol. The molecule has 0 saturated carbocycles. The van der Waals surface area contributed by atoms with Gasteiger partial charge in [0.2, 0.25) is 11.8 Å². The van der Waals surface area contributed by atoms with Gasteiger partial charge in [0.25, 0.3) is 0 Å². The Morgan fingerprint density at radius 1 is 0.930 bits per heavy atom. The summed E-state index contributed by atoms with van der Waals surface area (Å²) in [4.78, 5) is 29.7.